The molecule has 1 aromatic heterocycles. The molecule has 1 amide bonds. The fraction of sp³-hybridized carbons (Fsp3) is 0.263. The van der Waals surface area contributed by atoms with E-state index in [2.05, 4.69) is 25.6 Å². The van der Waals surface area contributed by atoms with Crippen molar-refractivity contribution in [2.75, 3.05) is 0 Å². The van der Waals surface area contributed by atoms with Gasteiger partial charge in [-0.05, 0) is 53.1 Å². The highest BCUT2D eigenvalue weighted by Gasteiger charge is 2.33. The summed E-state index contributed by atoms with van der Waals surface area (Å²) in [5, 5.41) is 14.1. The van der Waals surface area contributed by atoms with Gasteiger partial charge in [-0.25, -0.2) is 0 Å². The number of ether oxygens (including phenoxy) is 2. The highest BCUT2D eigenvalue weighted by molar-refractivity contribution is 5.80. The normalized spacial score (nSPS) is 18.7. The van der Waals surface area contributed by atoms with Crippen molar-refractivity contribution in [3.63, 3.8) is 0 Å². The van der Waals surface area contributed by atoms with Gasteiger partial charge in [0.15, 0.2) is 5.75 Å². The number of amides is 1. The van der Waals surface area contributed by atoms with Gasteiger partial charge in [-0.15, -0.1) is 13.2 Å². The Morgan fingerprint density at radius 3 is 2.55 bits per heavy atom. The molecule has 12 heteroatoms. The molecule has 31 heavy (non-hydrogen) atoms. The van der Waals surface area contributed by atoms with E-state index < -0.39 is 12.1 Å². The van der Waals surface area contributed by atoms with Crippen molar-refractivity contribution in [2.45, 2.75) is 31.3 Å². The molecule has 1 aliphatic rings. The predicted octanol–water partition coefficient (Wildman–Crippen LogP) is 2.63. The number of aromatic nitrogens is 4. The van der Waals surface area contributed by atoms with Gasteiger partial charge in [0.1, 0.15) is 11.4 Å². The quantitative estimate of drug-likeness (QED) is 0.612. The van der Waals surface area contributed by atoms with E-state index in [1.54, 1.807) is 12.1 Å². The number of para-hydroxylation sites is 2. The molecule has 2 heterocycles. The number of alkyl halides is 3. The van der Waals surface area contributed by atoms with Crippen LogP contribution >= 0.6 is 0 Å². The van der Waals surface area contributed by atoms with Crippen molar-refractivity contribution in [2.24, 2.45) is 5.73 Å². The number of hydrogen-bond donors (Lipinski definition) is 2. The first-order valence-electron chi connectivity index (χ1n) is 9.27. The number of nitrogens with two attached hydrogens (primary N) is 1. The lowest BCUT2D eigenvalue weighted by molar-refractivity contribution is -0.274. The average Bonchev–Trinajstić information content (AvgIpc) is 3.38. The number of hydrogen-bond acceptors (Lipinski definition) is 7. The van der Waals surface area contributed by atoms with Crippen molar-refractivity contribution >= 4 is 5.91 Å². The van der Waals surface area contributed by atoms with Crippen LogP contribution in [0.3, 0.4) is 0 Å². The van der Waals surface area contributed by atoms with Gasteiger partial charge in [0.2, 0.25) is 5.91 Å². The number of benzene rings is 2. The first-order chi connectivity index (χ1) is 14.8. The third-order valence-electron chi connectivity index (χ3n) is 4.74. The molecule has 1 aliphatic heterocycles. The molecule has 3 aromatic rings. The lowest BCUT2D eigenvalue weighted by Gasteiger charge is -2.14. The Labute approximate surface area is 173 Å². The van der Waals surface area contributed by atoms with Gasteiger partial charge in [-0.2, -0.15) is 4.68 Å². The van der Waals surface area contributed by atoms with Crippen LogP contribution < -0.4 is 20.5 Å². The first kappa shape index (κ1) is 20.6. The van der Waals surface area contributed by atoms with E-state index in [-0.39, 0.29) is 29.7 Å². The molecular weight excluding hydrogens is 417 g/mol. The molecule has 0 bridgehead atoms. The maximum absolute atomic E-state index is 12.7. The number of carbonyl (C=O) groups excluding carboxylic acids is 1. The minimum atomic E-state index is -4.87. The molecule has 0 spiro atoms. The molecule has 2 unspecified atom stereocenters. The largest absolute Gasteiger partial charge is 0.573 e. The Morgan fingerprint density at radius 1 is 1.13 bits per heavy atom. The highest BCUT2D eigenvalue weighted by atomic mass is 19.4. The summed E-state index contributed by atoms with van der Waals surface area (Å²) in [6.45, 7) is 0. The summed E-state index contributed by atoms with van der Waals surface area (Å²) in [7, 11) is 0. The molecule has 162 valence electrons. The lowest BCUT2D eigenvalue weighted by Crippen LogP contribution is -2.37. The second kappa shape index (κ2) is 8.22. The van der Waals surface area contributed by atoms with E-state index in [9.17, 15) is 18.0 Å². The summed E-state index contributed by atoms with van der Waals surface area (Å²) in [5.74, 6) is -0.485. The number of tetrazole rings is 1. The Bertz CT molecular complexity index is 1070. The van der Waals surface area contributed by atoms with Gasteiger partial charge in [0, 0.05) is 6.04 Å². The van der Waals surface area contributed by atoms with E-state index in [0.29, 0.717) is 12.2 Å². The van der Waals surface area contributed by atoms with Crippen LogP contribution in [-0.4, -0.2) is 38.5 Å². The van der Waals surface area contributed by atoms with Crippen molar-refractivity contribution in [3.05, 3.63) is 54.1 Å². The summed E-state index contributed by atoms with van der Waals surface area (Å²) in [6.07, 6.45) is -3.45. The van der Waals surface area contributed by atoms with Crippen LogP contribution in [0, 0.1) is 0 Å². The van der Waals surface area contributed by atoms with Crippen LogP contribution in [0.25, 0.3) is 5.69 Å². The number of nitrogens with zero attached hydrogens (tertiary/aromatic N) is 4. The first-order valence-corrected chi connectivity index (χ1v) is 9.27. The molecule has 0 radical (unpaired) electrons. The van der Waals surface area contributed by atoms with Crippen LogP contribution in [0.1, 0.15) is 24.4 Å². The molecule has 1 saturated heterocycles. The van der Waals surface area contributed by atoms with E-state index >= 15 is 0 Å². The Kier molecular flexibility index (Phi) is 5.46. The summed E-state index contributed by atoms with van der Waals surface area (Å²) >= 11 is 0. The number of primary amides is 1. The van der Waals surface area contributed by atoms with Crippen LogP contribution in [-0.2, 0) is 4.79 Å². The Balaban J connectivity index is 1.52. The third-order valence-corrected chi connectivity index (χ3v) is 4.74. The van der Waals surface area contributed by atoms with Crippen molar-refractivity contribution in [3.8, 4) is 23.2 Å². The Morgan fingerprint density at radius 2 is 1.87 bits per heavy atom. The molecule has 0 saturated carbocycles. The minimum absolute atomic E-state index is 0.0109. The zero-order chi connectivity index (χ0) is 22.0. The fourth-order valence-corrected chi connectivity index (χ4v) is 3.34. The van der Waals surface area contributed by atoms with Gasteiger partial charge in [0.05, 0.1) is 6.04 Å². The van der Waals surface area contributed by atoms with Gasteiger partial charge in [0.25, 0.3) is 0 Å². The molecular formula is C19H17F3N6O3. The van der Waals surface area contributed by atoms with E-state index in [1.165, 1.54) is 18.2 Å². The number of nitrogens with one attached hydrogen (secondary N) is 1. The van der Waals surface area contributed by atoms with E-state index in [1.807, 2.05) is 12.1 Å². The van der Waals surface area contributed by atoms with Crippen molar-refractivity contribution in [1.82, 2.24) is 25.5 Å². The zero-order valence-electron chi connectivity index (χ0n) is 15.9. The highest BCUT2D eigenvalue weighted by Crippen LogP contribution is 2.32. The molecule has 4 rings (SSSR count). The molecule has 9 nitrogen and oxygen atoms in total. The second-order valence-electron chi connectivity index (χ2n) is 6.81. The summed E-state index contributed by atoms with van der Waals surface area (Å²) < 4.78 is 48.8. The van der Waals surface area contributed by atoms with E-state index in [0.717, 1.165) is 22.7 Å². The van der Waals surface area contributed by atoms with Crippen LogP contribution in [0.5, 0.6) is 17.5 Å². The van der Waals surface area contributed by atoms with Crippen molar-refractivity contribution in [1.29, 1.82) is 0 Å². The number of halogens is 3. The second-order valence-corrected chi connectivity index (χ2v) is 6.81. The maximum atomic E-state index is 12.7. The maximum Gasteiger partial charge on any atom is 0.573 e. The third kappa shape index (κ3) is 4.74. The molecule has 2 atom stereocenters. The molecule has 3 N–H and O–H groups in total. The summed E-state index contributed by atoms with van der Waals surface area (Å²) in [6, 6.07) is 11.9. The van der Waals surface area contributed by atoms with Gasteiger partial charge < -0.3 is 15.2 Å². The molecule has 1 fully saturated rings. The van der Waals surface area contributed by atoms with Crippen LogP contribution in [0.2, 0.25) is 0 Å². The minimum Gasteiger partial charge on any atom is -0.423 e. The van der Waals surface area contributed by atoms with E-state index in [4.69, 9.17) is 10.5 Å². The van der Waals surface area contributed by atoms with Crippen LogP contribution in [0.15, 0.2) is 48.5 Å². The average molecular weight is 434 g/mol. The number of rotatable bonds is 6. The number of carbonyl (C=O) groups is 1. The predicted molar refractivity (Wildman–Crippen MR) is 100 cm³/mol. The lowest BCUT2D eigenvalue weighted by atomic mass is 10.1. The molecule has 0 aliphatic carbocycles. The Hall–Kier alpha value is -3.67. The van der Waals surface area contributed by atoms with Crippen LogP contribution in [0.4, 0.5) is 13.2 Å². The summed E-state index contributed by atoms with van der Waals surface area (Å²) in [4.78, 5) is 11.3. The van der Waals surface area contributed by atoms with Gasteiger partial charge in [-0.1, -0.05) is 29.4 Å². The molecule has 2 aromatic carbocycles. The standard InChI is InChI=1S/C19H17F3N6O3/c20-19(21,22)31-16-4-2-1-3-15(16)28-18(25-26-27-28)30-12-7-5-11(6-8-12)13-9-10-14(24-13)17(23)29/h1-8,13-14,24H,9-10H2,(H2,23,29). The zero-order valence-corrected chi connectivity index (χ0v) is 15.9. The van der Waals surface area contributed by atoms with Gasteiger partial charge in [-0.3, -0.25) is 10.1 Å². The fourth-order valence-electron chi connectivity index (χ4n) is 3.34. The van der Waals surface area contributed by atoms with Gasteiger partial charge >= 0.3 is 12.4 Å². The van der Waals surface area contributed by atoms with Crippen molar-refractivity contribution < 1.29 is 27.4 Å². The topological polar surface area (TPSA) is 117 Å². The SMILES string of the molecule is NC(=O)C1CCC(c2ccc(Oc3nnnn3-c3ccccc3OC(F)(F)F)cc2)N1. The summed E-state index contributed by atoms with van der Waals surface area (Å²) in [5.41, 5.74) is 6.24. The smallest absolute Gasteiger partial charge is 0.423 e. The monoisotopic (exact) mass is 434 g/mol.